The molecule has 0 aromatic rings. The van der Waals surface area contributed by atoms with E-state index in [2.05, 4.69) is 17.2 Å². The van der Waals surface area contributed by atoms with E-state index >= 15 is 0 Å². The predicted octanol–water partition coefficient (Wildman–Crippen LogP) is 0.0353. The van der Waals surface area contributed by atoms with Crippen LogP contribution in [0.3, 0.4) is 0 Å². The van der Waals surface area contributed by atoms with Crippen molar-refractivity contribution in [3.05, 3.63) is 12.7 Å². The van der Waals surface area contributed by atoms with Gasteiger partial charge >= 0.3 is 0 Å². The Morgan fingerprint density at radius 1 is 1.60 bits per heavy atom. The molecule has 0 saturated heterocycles. The van der Waals surface area contributed by atoms with E-state index in [0.29, 0.717) is 19.6 Å². The van der Waals surface area contributed by atoms with Gasteiger partial charge in [0.2, 0.25) is 5.91 Å². The normalized spacial score (nSPS) is 14.3. The summed E-state index contributed by atoms with van der Waals surface area (Å²) < 4.78 is 11.0. The molecular weight excluding hydrogens is 212 g/mol. The van der Waals surface area contributed by atoms with E-state index in [1.807, 2.05) is 6.92 Å². The average Bonchev–Trinajstić information content (AvgIpc) is 2.18. The van der Waals surface area contributed by atoms with Crippen molar-refractivity contribution >= 4 is 16.7 Å². The third-order valence-corrected chi connectivity index (χ3v) is 3.38. The fourth-order valence-electron chi connectivity index (χ4n) is 0.931. The number of hydrogen-bond donors (Lipinski definition) is 2. The maximum atomic E-state index is 11.2. The van der Waals surface area contributed by atoms with Gasteiger partial charge in [0.25, 0.3) is 0 Å². The Kier molecular flexibility index (Phi) is 8.22. The standard InChI is InChI=1S/C10H20N2O2S/c1-4-6-11-8-10(13)12-7-5-9(2)15(3)14/h4,9,11H,1,5-8H2,2-3H3,(H,12,13). The van der Waals surface area contributed by atoms with Crippen molar-refractivity contribution in [2.75, 3.05) is 25.9 Å². The average molecular weight is 232 g/mol. The van der Waals surface area contributed by atoms with Gasteiger partial charge in [-0.15, -0.1) is 6.58 Å². The van der Waals surface area contributed by atoms with Crippen LogP contribution in [0.25, 0.3) is 0 Å². The lowest BCUT2D eigenvalue weighted by molar-refractivity contribution is -0.120. The highest BCUT2D eigenvalue weighted by molar-refractivity contribution is 7.84. The minimum absolute atomic E-state index is 0.0362. The van der Waals surface area contributed by atoms with Crippen LogP contribution in [-0.4, -0.2) is 41.3 Å². The van der Waals surface area contributed by atoms with Crippen LogP contribution in [0.1, 0.15) is 13.3 Å². The van der Waals surface area contributed by atoms with Crippen molar-refractivity contribution in [1.82, 2.24) is 10.6 Å². The van der Waals surface area contributed by atoms with Gasteiger partial charge in [-0.25, -0.2) is 0 Å². The Hall–Kier alpha value is -0.680. The van der Waals surface area contributed by atoms with Gasteiger partial charge in [0.15, 0.2) is 0 Å². The van der Waals surface area contributed by atoms with Crippen LogP contribution < -0.4 is 10.6 Å². The van der Waals surface area contributed by atoms with Crippen molar-refractivity contribution < 1.29 is 9.00 Å². The van der Waals surface area contributed by atoms with Gasteiger partial charge in [-0.2, -0.15) is 0 Å². The lowest BCUT2D eigenvalue weighted by Crippen LogP contribution is -2.35. The highest BCUT2D eigenvalue weighted by Crippen LogP contribution is 1.96. The van der Waals surface area contributed by atoms with E-state index in [9.17, 15) is 9.00 Å². The quantitative estimate of drug-likeness (QED) is 0.459. The number of nitrogens with one attached hydrogen (secondary N) is 2. The summed E-state index contributed by atoms with van der Waals surface area (Å²) in [5.74, 6) is -0.0362. The Labute approximate surface area is 94.0 Å². The maximum absolute atomic E-state index is 11.2. The molecule has 0 heterocycles. The minimum Gasteiger partial charge on any atom is -0.355 e. The van der Waals surface area contributed by atoms with Crippen LogP contribution in [0.4, 0.5) is 0 Å². The van der Waals surface area contributed by atoms with Gasteiger partial charge in [0, 0.05) is 35.4 Å². The molecule has 4 nitrogen and oxygen atoms in total. The Morgan fingerprint density at radius 3 is 2.80 bits per heavy atom. The van der Waals surface area contributed by atoms with Gasteiger partial charge in [-0.05, 0) is 6.42 Å². The second-order valence-electron chi connectivity index (χ2n) is 3.37. The van der Waals surface area contributed by atoms with Crippen molar-refractivity contribution in [1.29, 1.82) is 0 Å². The highest BCUT2D eigenvalue weighted by Gasteiger charge is 2.06. The zero-order chi connectivity index (χ0) is 11.7. The summed E-state index contributed by atoms with van der Waals surface area (Å²) in [6.45, 7) is 6.96. The van der Waals surface area contributed by atoms with Crippen LogP contribution in [0.5, 0.6) is 0 Å². The first-order valence-electron chi connectivity index (χ1n) is 4.98. The molecule has 0 bridgehead atoms. The molecule has 0 aromatic carbocycles. The number of carbonyl (C=O) groups is 1. The highest BCUT2D eigenvalue weighted by atomic mass is 32.2. The molecule has 0 aliphatic rings. The van der Waals surface area contributed by atoms with Crippen LogP contribution in [0, 0.1) is 0 Å². The summed E-state index contributed by atoms with van der Waals surface area (Å²) in [5, 5.41) is 5.79. The molecule has 0 spiro atoms. The first kappa shape index (κ1) is 14.3. The van der Waals surface area contributed by atoms with Crippen LogP contribution >= 0.6 is 0 Å². The molecule has 2 unspecified atom stereocenters. The van der Waals surface area contributed by atoms with E-state index in [1.54, 1.807) is 12.3 Å². The Morgan fingerprint density at radius 2 is 2.27 bits per heavy atom. The Bertz CT molecular complexity index is 231. The largest absolute Gasteiger partial charge is 0.355 e. The fraction of sp³-hybridized carbons (Fsp3) is 0.700. The molecular formula is C10H20N2O2S. The molecule has 88 valence electrons. The third-order valence-electron chi connectivity index (χ3n) is 2.01. The molecule has 0 rings (SSSR count). The van der Waals surface area contributed by atoms with E-state index < -0.39 is 10.8 Å². The van der Waals surface area contributed by atoms with Gasteiger partial charge in [0.1, 0.15) is 0 Å². The molecule has 0 fully saturated rings. The predicted molar refractivity (Wildman–Crippen MR) is 64.2 cm³/mol. The van der Waals surface area contributed by atoms with Gasteiger partial charge in [-0.3, -0.25) is 9.00 Å². The first-order chi connectivity index (χ1) is 7.07. The summed E-state index contributed by atoms with van der Waals surface area (Å²) in [7, 11) is -0.812. The van der Waals surface area contributed by atoms with E-state index in [0.717, 1.165) is 6.42 Å². The lowest BCUT2D eigenvalue weighted by atomic mass is 10.3. The zero-order valence-electron chi connectivity index (χ0n) is 9.41. The third kappa shape index (κ3) is 8.32. The monoisotopic (exact) mass is 232 g/mol. The fourth-order valence-corrected chi connectivity index (χ4v) is 1.38. The topological polar surface area (TPSA) is 58.2 Å². The van der Waals surface area contributed by atoms with Gasteiger partial charge in [0.05, 0.1) is 6.54 Å². The summed E-state index contributed by atoms with van der Waals surface area (Å²) in [6.07, 6.45) is 4.13. The van der Waals surface area contributed by atoms with Crippen molar-refractivity contribution in [2.45, 2.75) is 18.6 Å². The summed E-state index contributed by atoms with van der Waals surface area (Å²) in [6, 6.07) is 0. The van der Waals surface area contributed by atoms with Gasteiger partial charge < -0.3 is 10.6 Å². The Balaban J connectivity index is 3.46. The summed E-state index contributed by atoms with van der Waals surface area (Å²) in [4.78, 5) is 11.2. The minimum atomic E-state index is -0.812. The van der Waals surface area contributed by atoms with Gasteiger partial charge in [-0.1, -0.05) is 13.0 Å². The number of carbonyl (C=O) groups excluding carboxylic acids is 1. The maximum Gasteiger partial charge on any atom is 0.233 e. The van der Waals surface area contributed by atoms with Crippen molar-refractivity contribution in [3.63, 3.8) is 0 Å². The molecule has 0 aliphatic heterocycles. The smallest absolute Gasteiger partial charge is 0.233 e. The SMILES string of the molecule is C=CCNCC(=O)NCCC(C)S(C)=O. The lowest BCUT2D eigenvalue weighted by Gasteiger charge is -2.09. The molecule has 5 heteroatoms. The van der Waals surface area contributed by atoms with Crippen molar-refractivity contribution in [2.24, 2.45) is 0 Å². The molecule has 1 amide bonds. The summed E-state index contributed by atoms with van der Waals surface area (Å²) >= 11 is 0. The zero-order valence-corrected chi connectivity index (χ0v) is 10.2. The van der Waals surface area contributed by atoms with E-state index in [1.165, 1.54) is 0 Å². The number of rotatable bonds is 8. The molecule has 2 atom stereocenters. The molecule has 0 aromatic heterocycles. The van der Waals surface area contributed by atoms with Crippen LogP contribution in [0.15, 0.2) is 12.7 Å². The number of amides is 1. The molecule has 0 saturated carbocycles. The first-order valence-corrected chi connectivity index (χ1v) is 6.60. The molecule has 0 aliphatic carbocycles. The second-order valence-corrected chi connectivity index (χ2v) is 5.17. The summed E-state index contributed by atoms with van der Waals surface area (Å²) in [5.41, 5.74) is 0. The van der Waals surface area contributed by atoms with Crippen LogP contribution in [-0.2, 0) is 15.6 Å². The molecule has 2 N–H and O–H groups in total. The molecule has 15 heavy (non-hydrogen) atoms. The van der Waals surface area contributed by atoms with E-state index in [-0.39, 0.29) is 11.2 Å². The van der Waals surface area contributed by atoms with Crippen molar-refractivity contribution in [3.8, 4) is 0 Å². The second kappa shape index (κ2) is 8.61. The number of hydrogen-bond acceptors (Lipinski definition) is 3. The van der Waals surface area contributed by atoms with E-state index in [4.69, 9.17) is 0 Å². The molecule has 0 radical (unpaired) electrons. The van der Waals surface area contributed by atoms with Crippen LogP contribution in [0.2, 0.25) is 0 Å².